The van der Waals surface area contributed by atoms with Crippen molar-refractivity contribution in [1.82, 2.24) is 0 Å². The molecular weight excluding hydrogens is 227 g/mol. The van der Waals surface area contributed by atoms with Crippen molar-refractivity contribution >= 4 is 19.7 Å². The summed E-state index contributed by atoms with van der Waals surface area (Å²) in [6.45, 7) is 2.87. The SMILES string of the molecule is CC(C)(c1cccc(F)c1)S(=O)(=O)Cl. The van der Waals surface area contributed by atoms with E-state index in [4.69, 9.17) is 10.7 Å². The smallest absolute Gasteiger partial charge is 0.211 e. The molecule has 14 heavy (non-hydrogen) atoms. The van der Waals surface area contributed by atoms with Crippen LogP contribution in [0.5, 0.6) is 0 Å². The highest BCUT2D eigenvalue weighted by atomic mass is 35.7. The number of halogens is 2. The Morgan fingerprint density at radius 2 is 1.93 bits per heavy atom. The first-order valence-electron chi connectivity index (χ1n) is 3.95. The van der Waals surface area contributed by atoms with Crippen LogP contribution in [0.2, 0.25) is 0 Å². The average molecular weight is 237 g/mol. The zero-order chi connectivity index (χ0) is 11.0. The Morgan fingerprint density at radius 1 is 1.36 bits per heavy atom. The van der Waals surface area contributed by atoms with Gasteiger partial charge < -0.3 is 0 Å². The molecule has 5 heteroatoms. The minimum atomic E-state index is -3.77. The van der Waals surface area contributed by atoms with Gasteiger partial charge in [-0.25, -0.2) is 12.8 Å². The maximum Gasteiger partial charge on any atom is 0.241 e. The second-order valence-electron chi connectivity index (χ2n) is 3.46. The van der Waals surface area contributed by atoms with Gasteiger partial charge in [0.1, 0.15) is 10.6 Å². The van der Waals surface area contributed by atoms with E-state index in [2.05, 4.69) is 0 Å². The van der Waals surface area contributed by atoms with Gasteiger partial charge in [-0.15, -0.1) is 0 Å². The van der Waals surface area contributed by atoms with E-state index in [1.54, 1.807) is 0 Å². The summed E-state index contributed by atoms with van der Waals surface area (Å²) in [5.74, 6) is -0.476. The molecule has 0 spiro atoms. The van der Waals surface area contributed by atoms with Crippen LogP contribution < -0.4 is 0 Å². The number of hydrogen-bond donors (Lipinski definition) is 0. The molecule has 1 rings (SSSR count). The lowest BCUT2D eigenvalue weighted by molar-refractivity contribution is 0.567. The second-order valence-corrected chi connectivity index (χ2v) is 6.57. The molecule has 0 N–H and O–H groups in total. The van der Waals surface area contributed by atoms with Crippen molar-refractivity contribution in [2.45, 2.75) is 18.6 Å². The van der Waals surface area contributed by atoms with E-state index < -0.39 is 19.6 Å². The zero-order valence-corrected chi connectivity index (χ0v) is 9.36. The highest BCUT2D eigenvalue weighted by molar-refractivity contribution is 8.14. The van der Waals surface area contributed by atoms with Crippen LogP contribution in [0.1, 0.15) is 19.4 Å². The van der Waals surface area contributed by atoms with Crippen LogP contribution in [-0.4, -0.2) is 8.42 Å². The molecule has 2 nitrogen and oxygen atoms in total. The molecule has 0 aromatic heterocycles. The average Bonchev–Trinajstić information content (AvgIpc) is 2.02. The third-order valence-corrected chi connectivity index (χ3v) is 4.74. The lowest BCUT2D eigenvalue weighted by atomic mass is 10.0. The summed E-state index contributed by atoms with van der Waals surface area (Å²) in [6, 6.07) is 5.40. The van der Waals surface area contributed by atoms with Gasteiger partial charge in [0.05, 0.1) is 0 Å². The minimum Gasteiger partial charge on any atom is -0.211 e. The molecular formula is C9H10ClFO2S. The Kier molecular flexibility index (Phi) is 2.88. The molecule has 0 saturated heterocycles. The Balaban J connectivity index is 3.31. The molecule has 0 aliphatic rings. The third kappa shape index (κ3) is 2.07. The summed E-state index contributed by atoms with van der Waals surface area (Å²) in [7, 11) is 1.49. The quantitative estimate of drug-likeness (QED) is 0.740. The van der Waals surface area contributed by atoms with Crippen molar-refractivity contribution in [2.75, 3.05) is 0 Å². The lowest BCUT2D eigenvalue weighted by Gasteiger charge is -2.20. The van der Waals surface area contributed by atoms with E-state index in [0.717, 1.165) is 0 Å². The lowest BCUT2D eigenvalue weighted by Crippen LogP contribution is -2.24. The molecule has 1 aromatic carbocycles. The van der Waals surface area contributed by atoms with Crippen LogP contribution in [-0.2, 0) is 13.8 Å². The molecule has 0 unspecified atom stereocenters. The Morgan fingerprint density at radius 3 is 2.36 bits per heavy atom. The van der Waals surface area contributed by atoms with E-state index in [1.165, 1.54) is 38.1 Å². The maximum absolute atomic E-state index is 12.8. The highest BCUT2D eigenvalue weighted by Crippen LogP contribution is 2.32. The highest BCUT2D eigenvalue weighted by Gasteiger charge is 2.34. The summed E-state index contributed by atoms with van der Waals surface area (Å²) < 4.78 is 34.0. The van der Waals surface area contributed by atoms with E-state index >= 15 is 0 Å². The van der Waals surface area contributed by atoms with Crippen molar-refractivity contribution in [2.24, 2.45) is 0 Å². The molecule has 1 aromatic rings. The second kappa shape index (κ2) is 3.51. The summed E-state index contributed by atoms with van der Waals surface area (Å²) in [5, 5.41) is 0. The van der Waals surface area contributed by atoms with Gasteiger partial charge in [-0.2, -0.15) is 0 Å². The Hall–Kier alpha value is -0.610. The van der Waals surface area contributed by atoms with Gasteiger partial charge in [0.15, 0.2) is 0 Å². The number of rotatable bonds is 2. The monoisotopic (exact) mass is 236 g/mol. The largest absolute Gasteiger partial charge is 0.241 e. The summed E-state index contributed by atoms with van der Waals surface area (Å²) in [4.78, 5) is 0. The van der Waals surface area contributed by atoms with Crippen molar-refractivity contribution in [3.05, 3.63) is 35.6 Å². The van der Waals surface area contributed by atoms with Crippen molar-refractivity contribution in [3.8, 4) is 0 Å². The van der Waals surface area contributed by atoms with Gasteiger partial charge in [-0.1, -0.05) is 12.1 Å². The summed E-state index contributed by atoms with van der Waals surface area (Å²) in [5.41, 5.74) is 0.340. The van der Waals surface area contributed by atoms with Crippen molar-refractivity contribution < 1.29 is 12.8 Å². The van der Waals surface area contributed by atoms with Crippen molar-refractivity contribution in [3.63, 3.8) is 0 Å². The van der Waals surface area contributed by atoms with E-state index in [-0.39, 0.29) is 0 Å². The molecule has 0 amide bonds. The molecule has 0 aliphatic heterocycles. The number of benzene rings is 1. The van der Waals surface area contributed by atoms with Gasteiger partial charge in [-0.05, 0) is 31.5 Å². The molecule has 0 heterocycles. The molecule has 0 fully saturated rings. The van der Waals surface area contributed by atoms with Crippen LogP contribution >= 0.6 is 10.7 Å². The van der Waals surface area contributed by atoms with Crippen LogP contribution in [0.25, 0.3) is 0 Å². The van der Waals surface area contributed by atoms with Gasteiger partial charge in [0, 0.05) is 10.7 Å². The van der Waals surface area contributed by atoms with Crippen LogP contribution in [0.15, 0.2) is 24.3 Å². The Bertz CT molecular complexity index is 440. The first-order chi connectivity index (χ1) is 6.25. The molecule has 0 bridgehead atoms. The van der Waals surface area contributed by atoms with Gasteiger partial charge >= 0.3 is 0 Å². The van der Waals surface area contributed by atoms with Gasteiger partial charge in [-0.3, -0.25) is 0 Å². The molecule has 0 radical (unpaired) electrons. The summed E-state index contributed by atoms with van der Waals surface area (Å²) in [6.07, 6.45) is 0. The Labute approximate surface area is 87.1 Å². The molecule has 0 saturated carbocycles. The van der Waals surface area contributed by atoms with Gasteiger partial charge in [0.25, 0.3) is 0 Å². The molecule has 78 valence electrons. The first-order valence-corrected chi connectivity index (χ1v) is 6.26. The molecule has 0 atom stereocenters. The number of hydrogen-bond acceptors (Lipinski definition) is 2. The maximum atomic E-state index is 12.8. The first kappa shape index (κ1) is 11.5. The third-order valence-electron chi connectivity index (χ3n) is 2.13. The fraction of sp³-hybridized carbons (Fsp3) is 0.333. The standard InChI is InChI=1S/C9H10ClFO2S/c1-9(2,14(10,12)13)7-4-3-5-8(11)6-7/h3-6H,1-2H3. The fourth-order valence-corrected chi connectivity index (χ4v) is 1.68. The van der Waals surface area contributed by atoms with Crippen molar-refractivity contribution in [1.29, 1.82) is 0 Å². The van der Waals surface area contributed by atoms with Crippen LogP contribution in [0.4, 0.5) is 4.39 Å². The van der Waals surface area contributed by atoms with E-state index in [1.807, 2.05) is 0 Å². The van der Waals surface area contributed by atoms with Crippen LogP contribution in [0, 0.1) is 5.82 Å². The van der Waals surface area contributed by atoms with E-state index in [0.29, 0.717) is 5.56 Å². The molecule has 0 aliphatic carbocycles. The topological polar surface area (TPSA) is 34.1 Å². The normalized spacial score (nSPS) is 12.9. The summed E-state index contributed by atoms with van der Waals surface area (Å²) >= 11 is 0. The van der Waals surface area contributed by atoms with Crippen LogP contribution in [0.3, 0.4) is 0 Å². The minimum absolute atomic E-state index is 0.340. The zero-order valence-electron chi connectivity index (χ0n) is 7.79. The fourth-order valence-electron chi connectivity index (χ4n) is 1.00. The predicted octanol–water partition coefficient (Wildman–Crippen LogP) is 2.63. The van der Waals surface area contributed by atoms with Gasteiger partial charge in [0.2, 0.25) is 9.05 Å². The van der Waals surface area contributed by atoms with E-state index in [9.17, 15) is 12.8 Å². The predicted molar refractivity (Wildman–Crippen MR) is 54.2 cm³/mol.